The molecule has 0 saturated carbocycles. The summed E-state index contributed by atoms with van der Waals surface area (Å²) >= 11 is 6.22. The van der Waals surface area contributed by atoms with E-state index in [4.69, 9.17) is 11.6 Å². The standard InChI is InChI=1S/C18H17ClN2O3S/c19-15-6-3-5-13-11-21(9-8-14(13)15)18(22)16-10-12-4-1-2-7-17(12)25(23,24)20-16/h1-7,16,20H,8-11H2/t16-/m0/s1. The van der Waals surface area contributed by atoms with Crippen LogP contribution in [0.4, 0.5) is 0 Å². The highest BCUT2D eigenvalue weighted by Crippen LogP contribution is 2.28. The van der Waals surface area contributed by atoms with E-state index in [1.165, 1.54) is 0 Å². The molecule has 4 rings (SSSR count). The topological polar surface area (TPSA) is 66.5 Å². The minimum Gasteiger partial charge on any atom is -0.337 e. The van der Waals surface area contributed by atoms with Crippen LogP contribution in [0.25, 0.3) is 0 Å². The van der Waals surface area contributed by atoms with Gasteiger partial charge in [-0.25, -0.2) is 8.42 Å². The molecule has 1 atom stereocenters. The maximum absolute atomic E-state index is 12.9. The van der Waals surface area contributed by atoms with Gasteiger partial charge < -0.3 is 4.90 Å². The van der Waals surface area contributed by atoms with Crippen molar-refractivity contribution in [3.8, 4) is 0 Å². The van der Waals surface area contributed by atoms with Gasteiger partial charge in [-0.15, -0.1) is 0 Å². The minimum absolute atomic E-state index is 0.191. The summed E-state index contributed by atoms with van der Waals surface area (Å²) in [7, 11) is -3.66. The molecular weight excluding hydrogens is 360 g/mol. The molecule has 0 aromatic heterocycles. The summed E-state index contributed by atoms with van der Waals surface area (Å²) < 4.78 is 27.4. The Hall–Kier alpha value is -1.89. The van der Waals surface area contributed by atoms with E-state index in [2.05, 4.69) is 4.72 Å². The van der Waals surface area contributed by atoms with Gasteiger partial charge in [0.15, 0.2) is 0 Å². The first kappa shape index (κ1) is 16.6. The lowest BCUT2D eigenvalue weighted by Crippen LogP contribution is -2.52. The van der Waals surface area contributed by atoms with E-state index in [0.29, 0.717) is 31.5 Å². The Bertz CT molecular complexity index is 959. The number of fused-ring (bicyclic) bond motifs is 2. The Morgan fingerprint density at radius 3 is 2.72 bits per heavy atom. The van der Waals surface area contributed by atoms with Crippen molar-refractivity contribution in [2.75, 3.05) is 6.54 Å². The maximum Gasteiger partial charge on any atom is 0.241 e. The third-order valence-corrected chi connectivity index (χ3v) is 6.73. The molecule has 1 amide bonds. The molecule has 130 valence electrons. The quantitative estimate of drug-likeness (QED) is 0.829. The van der Waals surface area contributed by atoms with Crippen LogP contribution in [0, 0.1) is 0 Å². The van der Waals surface area contributed by atoms with Crippen molar-refractivity contribution in [1.82, 2.24) is 9.62 Å². The number of hydrogen-bond donors (Lipinski definition) is 1. The molecule has 0 saturated heterocycles. The SMILES string of the molecule is O=C([C@@H]1Cc2ccccc2S(=O)(=O)N1)N1CCc2c(Cl)cccc2C1. The molecule has 7 heteroatoms. The van der Waals surface area contributed by atoms with Gasteiger partial charge in [-0.2, -0.15) is 4.72 Å². The highest BCUT2D eigenvalue weighted by molar-refractivity contribution is 7.89. The van der Waals surface area contributed by atoms with Gasteiger partial charge in [0.25, 0.3) is 0 Å². The van der Waals surface area contributed by atoms with Crippen LogP contribution in [0.2, 0.25) is 5.02 Å². The first-order valence-corrected chi connectivity index (χ1v) is 9.97. The molecule has 2 aliphatic heterocycles. The molecule has 0 fully saturated rings. The van der Waals surface area contributed by atoms with Crippen molar-refractivity contribution < 1.29 is 13.2 Å². The third-order valence-electron chi connectivity index (χ3n) is 4.80. The fourth-order valence-electron chi connectivity index (χ4n) is 3.56. The number of benzene rings is 2. The molecule has 2 heterocycles. The van der Waals surface area contributed by atoms with Crippen LogP contribution in [0.15, 0.2) is 47.4 Å². The second-order valence-electron chi connectivity index (χ2n) is 6.37. The van der Waals surface area contributed by atoms with E-state index < -0.39 is 16.1 Å². The first-order chi connectivity index (χ1) is 12.0. The largest absolute Gasteiger partial charge is 0.337 e. The van der Waals surface area contributed by atoms with Crippen LogP contribution in [0.5, 0.6) is 0 Å². The molecule has 0 bridgehead atoms. The fraction of sp³-hybridized carbons (Fsp3) is 0.278. The van der Waals surface area contributed by atoms with Gasteiger partial charge in [-0.1, -0.05) is 41.9 Å². The van der Waals surface area contributed by atoms with Crippen molar-refractivity contribution >= 4 is 27.5 Å². The van der Waals surface area contributed by atoms with E-state index in [1.807, 2.05) is 18.2 Å². The lowest BCUT2D eigenvalue weighted by atomic mass is 9.98. The summed E-state index contributed by atoms with van der Waals surface area (Å²) in [5, 5.41) is 0.719. The van der Waals surface area contributed by atoms with Gasteiger partial charge in [0, 0.05) is 18.1 Å². The number of sulfonamides is 1. The van der Waals surface area contributed by atoms with E-state index in [0.717, 1.165) is 16.1 Å². The van der Waals surface area contributed by atoms with Gasteiger partial charge in [-0.05, 0) is 41.7 Å². The molecule has 25 heavy (non-hydrogen) atoms. The van der Waals surface area contributed by atoms with Crippen LogP contribution >= 0.6 is 11.6 Å². The number of carbonyl (C=O) groups excluding carboxylic acids is 1. The molecule has 0 spiro atoms. The molecule has 0 aliphatic carbocycles. The Morgan fingerprint density at radius 2 is 1.88 bits per heavy atom. The zero-order valence-corrected chi connectivity index (χ0v) is 15.0. The van der Waals surface area contributed by atoms with Crippen LogP contribution in [-0.2, 0) is 34.2 Å². The Kier molecular flexibility index (Phi) is 4.06. The van der Waals surface area contributed by atoms with E-state index in [-0.39, 0.29) is 10.8 Å². The van der Waals surface area contributed by atoms with Crippen molar-refractivity contribution in [1.29, 1.82) is 0 Å². The predicted octanol–water partition coefficient (Wildman–Crippen LogP) is 2.13. The van der Waals surface area contributed by atoms with Crippen LogP contribution < -0.4 is 4.72 Å². The molecule has 0 unspecified atom stereocenters. The van der Waals surface area contributed by atoms with E-state index >= 15 is 0 Å². The van der Waals surface area contributed by atoms with Gasteiger partial charge in [0.2, 0.25) is 15.9 Å². The number of amides is 1. The molecule has 1 N–H and O–H groups in total. The smallest absolute Gasteiger partial charge is 0.241 e. The van der Waals surface area contributed by atoms with Gasteiger partial charge in [0.1, 0.15) is 6.04 Å². The van der Waals surface area contributed by atoms with Gasteiger partial charge in [0.05, 0.1) is 4.90 Å². The third kappa shape index (κ3) is 2.94. The molecule has 0 radical (unpaired) electrons. The Balaban J connectivity index is 1.59. The molecule has 2 aromatic carbocycles. The van der Waals surface area contributed by atoms with E-state index in [9.17, 15) is 13.2 Å². The first-order valence-electron chi connectivity index (χ1n) is 8.11. The number of nitrogens with zero attached hydrogens (tertiary/aromatic N) is 1. The fourth-order valence-corrected chi connectivity index (χ4v) is 5.28. The lowest BCUT2D eigenvalue weighted by molar-refractivity contribution is -0.134. The highest BCUT2D eigenvalue weighted by atomic mass is 35.5. The number of nitrogens with one attached hydrogen (secondary N) is 1. The molecule has 5 nitrogen and oxygen atoms in total. The minimum atomic E-state index is -3.66. The Morgan fingerprint density at radius 1 is 1.12 bits per heavy atom. The summed E-state index contributed by atoms with van der Waals surface area (Å²) in [6.07, 6.45) is 1.05. The molecule has 2 aliphatic rings. The number of hydrogen-bond acceptors (Lipinski definition) is 3. The zero-order valence-electron chi connectivity index (χ0n) is 13.4. The maximum atomic E-state index is 12.9. The summed E-state index contributed by atoms with van der Waals surface area (Å²) in [5.41, 5.74) is 2.77. The summed E-state index contributed by atoms with van der Waals surface area (Å²) in [5.74, 6) is -0.191. The van der Waals surface area contributed by atoms with Crippen LogP contribution in [0.1, 0.15) is 16.7 Å². The summed E-state index contributed by atoms with van der Waals surface area (Å²) in [6.45, 7) is 0.990. The predicted molar refractivity (Wildman–Crippen MR) is 94.8 cm³/mol. The number of rotatable bonds is 1. The second-order valence-corrected chi connectivity index (χ2v) is 8.46. The zero-order chi connectivity index (χ0) is 17.6. The monoisotopic (exact) mass is 376 g/mol. The second kappa shape index (κ2) is 6.12. The van der Waals surface area contributed by atoms with Crippen molar-refractivity contribution in [3.63, 3.8) is 0 Å². The number of halogens is 1. The van der Waals surface area contributed by atoms with E-state index in [1.54, 1.807) is 29.2 Å². The molecular formula is C18H17ClN2O3S. The lowest BCUT2D eigenvalue weighted by Gasteiger charge is -2.34. The van der Waals surface area contributed by atoms with Crippen molar-refractivity contribution in [2.45, 2.75) is 30.3 Å². The average molecular weight is 377 g/mol. The van der Waals surface area contributed by atoms with Crippen LogP contribution in [-0.4, -0.2) is 31.8 Å². The average Bonchev–Trinajstić information content (AvgIpc) is 2.60. The van der Waals surface area contributed by atoms with Gasteiger partial charge >= 0.3 is 0 Å². The van der Waals surface area contributed by atoms with Crippen LogP contribution in [0.3, 0.4) is 0 Å². The van der Waals surface area contributed by atoms with Crippen molar-refractivity contribution in [3.05, 3.63) is 64.2 Å². The van der Waals surface area contributed by atoms with Gasteiger partial charge in [-0.3, -0.25) is 4.79 Å². The summed E-state index contributed by atoms with van der Waals surface area (Å²) in [6, 6.07) is 11.7. The number of carbonyl (C=O) groups is 1. The highest BCUT2D eigenvalue weighted by Gasteiger charge is 2.36. The Labute approximate surface area is 151 Å². The summed E-state index contributed by atoms with van der Waals surface area (Å²) in [4.78, 5) is 14.9. The normalized spacial score (nSPS) is 21.3. The van der Waals surface area contributed by atoms with Crippen molar-refractivity contribution in [2.24, 2.45) is 0 Å². The molecule has 2 aromatic rings.